The van der Waals surface area contributed by atoms with Crippen LogP contribution >= 0.6 is 0 Å². The first-order valence-corrected chi connectivity index (χ1v) is 4.83. The van der Waals surface area contributed by atoms with Gasteiger partial charge < -0.3 is 15.6 Å². The van der Waals surface area contributed by atoms with Crippen molar-refractivity contribution in [3.05, 3.63) is 29.8 Å². The van der Waals surface area contributed by atoms with E-state index < -0.39 is 0 Å². The Hall–Kier alpha value is -1.06. The number of hydrogen-bond acceptors (Lipinski definition) is 3. The van der Waals surface area contributed by atoms with E-state index in [1.807, 2.05) is 12.1 Å². The quantitative estimate of drug-likeness (QED) is 0.738. The molecule has 3 N–H and O–H groups in total. The van der Waals surface area contributed by atoms with E-state index in [0.29, 0.717) is 12.4 Å². The zero-order chi connectivity index (χ0) is 10.0. The summed E-state index contributed by atoms with van der Waals surface area (Å²) in [7, 11) is 0. The molecule has 0 amide bonds. The molecule has 0 aromatic heterocycles. The highest BCUT2D eigenvalue weighted by molar-refractivity contribution is 5.27. The van der Waals surface area contributed by atoms with E-state index in [1.54, 1.807) is 12.1 Å². The van der Waals surface area contributed by atoms with Gasteiger partial charge >= 0.3 is 0 Å². The maximum atomic E-state index is 9.13. The molecule has 14 heavy (non-hydrogen) atoms. The Morgan fingerprint density at radius 3 is 2.64 bits per heavy atom. The van der Waals surface area contributed by atoms with Crippen LogP contribution in [0.1, 0.15) is 12.0 Å². The fourth-order valence-electron chi connectivity index (χ4n) is 1.78. The maximum Gasteiger partial charge on any atom is 0.115 e. The number of hydrogen-bond donors (Lipinski definition) is 2. The summed E-state index contributed by atoms with van der Waals surface area (Å²) in [6.45, 7) is 1.39. The van der Waals surface area contributed by atoms with Crippen LogP contribution in [0.15, 0.2) is 24.3 Å². The normalized spacial score (nSPS) is 26.6. The average molecular weight is 193 g/mol. The number of nitrogens with two attached hydrogens (primary N) is 1. The van der Waals surface area contributed by atoms with Crippen molar-refractivity contribution < 1.29 is 9.84 Å². The predicted octanol–water partition coefficient (Wildman–Crippen LogP) is 1.05. The first-order chi connectivity index (χ1) is 6.68. The molecule has 76 valence electrons. The van der Waals surface area contributed by atoms with Crippen LogP contribution in [0.25, 0.3) is 0 Å². The van der Waals surface area contributed by atoms with Crippen LogP contribution in [0.5, 0.6) is 5.75 Å². The van der Waals surface area contributed by atoms with E-state index in [2.05, 4.69) is 0 Å². The Balaban J connectivity index is 2.06. The molecule has 0 spiro atoms. The van der Waals surface area contributed by atoms with Gasteiger partial charge in [0, 0.05) is 12.1 Å². The van der Waals surface area contributed by atoms with Crippen LogP contribution in [0.3, 0.4) is 0 Å². The van der Waals surface area contributed by atoms with Crippen molar-refractivity contribution in [3.63, 3.8) is 0 Å². The third kappa shape index (κ3) is 2.05. The van der Waals surface area contributed by atoms with Gasteiger partial charge in [0.15, 0.2) is 0 Å². The molecule has 1 unspecified atom stereocenters. The number of phenols is 1. The van der Waals surface area contributed by atoms with E-state index >= 15 is 0 Å². The van der Waals surface area contributed by atoms with Crippen LogP contribution in [-0.2, 0) is 11.2 Å². The van der Waals surface area contributed by atoms with Crippen LogP contribution < -0.4 is 5.73 Å². The van der Waals surface area contributed by atoms with E-state index in [-0.39, 0.29) is 5.54 Å². The summed E-state index contributed by atoms with van der Waals surface area (Å²) in [6.07, 6.45) is 1.72. The van der Waals surface area contributed by atoms with Gasteiger partial charge in [0.05, 0.1) is 6.61 Å². The Labute approximate surface area is 83.5 Å². The van der Waals surface area contributed by atoms with Gasteiger partial charge in [0.25, 0.3) is 0 Å². The smallest absolute Gasteiger partial charge is 0.115 e. The molecule has 1 saturated heterocycles. The van der Waals surface area contributed by atoms with Crippen molar-refractivity contribution in [1.82, 2.24) is 0 Å². The summed E-state index contributed by atoms with van der Waals surface area (Å²) >= 11 is 0. The number of rotatable bonds is 2. The molecule has 1 aromatic rings. The second-order valence-electron chi connectivity index (χ2n) is 4.01. The lowest BCUT2D eigenvalue weighted by Crippen LogP contribution is -2.42. The van der Waals surface area contributed by atoms with Crippen molar-refractivity contribution in [2.24, 2.45) is 5.73 Å². The highest BCUT2D eigenvalue weighted by atomic mass is 16.5. The minimum absolute atomic E-state index is 0.211. The summed E-state index contributed by atoms with van der Waals surface area (Å²) in [5, 5.41) is 9.13. The Morgan fingerprint density at radius 1 is 1.36 bits per heavy atom. The first kappa shape index (κ1) is 9.49. The molecule has 1 aliphatic heterocycles. The molecular formula is C11H15NO2. The van der Waals surface area contributed by atoms with Crippen molar-refractivity contribution in [1.29, 1.82) is 0 Å². The topological polar surface area (TPSA) is 55.5 Å². The van der Waals surface area contributed by atoms with Gasteiger partial charge in [-0.3, -0.25) is 0 Å². The zero-order valence-corrected chi connectivity index (χ0v) is 8.07. The highest BCUT2D eigenvalue weighted by Crippen LogP contribution is 2.21. The van der Waals surface area contributed by atoms with Crippen molar-refractivity contribution in [3.8, 4) is 5.75 Å². The minimum atomic E-state index is -0.211. The molecule has 3 nitrogen and oxygen atoms in total. The van der Waals surface area contributed by atoms with Crippen LogP contribution in [0.2, 0.25) is 0 Å². The summed E-state index contributed by atoms with van der Waals surface area (Å²) in [5.41, 5.74) is 7.08. The summed E-state index contributed by atoms with van der Waals surface area (Å²) in [4.78, 5) is 0. The van der Waals surface area contributed by atoms with E-state index in [1.165, 1.54) is 0 Å². The standard InChI is InChI=1S/C11H15NO2/c12-11(5-6-14-8-11)7-9-1-3-10(13)4-2-9/h1-4,13H,5-8,12H2. The molecule has 0 aliphatic carbocycles. The number of ether oxygens (including phenoxy) is 1. The van der Waals surface area contributed by atoms with Crippen molar-refractivity contribution >= 4 is 0 Å². The monoisotopic (exact) mass is 193 g/mol. The van der Waals surface area contributed by atoms with Crippen molar-refractivity contribution in [2.45, 2.75) is 18.4 Å². The summed E-state index contributed by atoms with van der Waals surface area (Å²) in [5.74, 6) is 0.294. The molecule has 2 rings (SSSR count). The minimum Gasteiger partial charge on any atom is -0.508 e. The van der Waals surface area contributed by atoms with Gasteiger partial charge in [-0.15, -0.1) is 0 Å². The number of benzene rings is 1. The molecule has 1 aromatic carbocycles. The van der Waals surface area contributed by atoms with Crippen LogP contribution in [0.4, 0.5) is 0 Å². The molecule has 1 heterocycles. The highest BCUT2D eigenvalue weighted by Gasteiger charge is 2.30. The molecule has 1 atom stereocenters. The van der Waals surface area contributed by atoms with Gasteiger partial charge in [0.1, 0.15) is 5.75 Å². The van der Waals surface area contributed by atoms with Crippen LogP contribution in [0, 0.1) is 0 Å². The molecule has 1 aliphatic rings. The first-order valence-electron chi connectivity index (χ1n) is 4.83. The van der Waals surface area contributed by atoms with Crippen molar-refractivity contribution in [2.75, 3.05) is 13.2 Å². The zero-order valence-electron chi connectivity index (χ0n) is 8.07. The average Bonchev–Trinajstić information content (AvgIpc) is 2.57. The van der Waals surface area contributed by atoms with E-state index in [0.717, 1.165) is 25.0 Å². The molecule has 0 saturated carbocycles. The number of phenolic OH excluding ortho intramolecular Hbond substituents is 1. The van der Waals surface area contributed by atoms with E-state index in [4.69, 9.17) is 15.6 Å². The number of aromatic hydroxyl groups is 1. The van der Waals surface area contributed by atoms with Gasteiger partial charge in [-0.2, -0.15) is 0 Å². The SMILES string of the molecule is NC1(Cc2ccc(O)cc2)CCOC1. The second-order valence-corrected chi connectivity index (χ2v) is 4.01. The van der Waals surface area contributed by atoms with Gasteiger partial charge in [0.2, 0.25) is 0 Å². The third-order valence-electron chi connectivity index (χ3n) is 2.63. The lowest BCUT2D eigenvalue weighted by molar-refractivity contribution is 0.178. The lowest BCUT2D eigenvalue weighted by atomic mass is 9.91. The fourth-order valence-corrected chi connectivity index (χ4v) is 1.78. The van der Waals surface area contributed by atoms with Gasteiger partial charge in [-0.25, -0.2) is 0 Å². The summed E-state index contributed by atoms with van der Waals surface area (Å²) < 4.78 is 5.28. The molecule has 0 bridgehead atoms. The van der Waals surface area contributed by atoms with Gasteiger partial charge in [-0.05, 0) is 30.5 Å². The molecular weight excluding hydrogens is 178 g/mol. The second kappa shape index (κ2) is 3.59. The maximum absolute atomic E-state index is 9.13. The van der Waals surface area contributed by atoms with Gasteiger partial charge in [-0.1, -0.05) is 12.1 Å². The lowest BCUT2D eigenvalue weighted by Gasteiger charge is -2.21. The Kier molecular flexibility index (Phi) is 2.44. The third-order valence-corrected chi connectivity index (χ3v) is 2.63. The predicted molar refractivity (Wildman–Crippen MR) is 54.2 cm³/mol. The summed E-state index contributed by atoms with van der Waals surface area (Å²) in [6, 6.07) is 7.19. The fraction of sp³-hybridized carbons (Fsp3) is 0.455. The molecule has 3 heteroatoms. The van der Waals surface area contributed by atoms with E-state index in [9.17, 15) is 0 Å². The van der Waals surface area contributed by atoms with Crippen LogP contribution in [-0.4, -0.2) is 23.9 Å². The Morgan fingerprint density at radius 2 is 2.07 bits per heavy atom. The molecule has 0 radical (unpaired) electrons. The largest absolute Gasteiger partial charge is 0.508 e. The molecule has 1 fully saturated rings. The Bertz CT molecular complexity index is 302.